The van der Waals surface area contributed by atoms with Crippen molar-refractivity contribution in [3.8, 4) is 0 Å². The molecule has 0 unspecified atom stereocenters. The van der Waals surface area contributed by atoms with Gasteiger partial charge < -0.3 is 14.0 Å². The number of nitrogens with zero attached hydrogens (tertiary/aromatic N) is 2. The van der Waals surface area contributed by atoms with Gasteiger partial charge in [-0.05, 0) is 6.92 Å². The van der Waals surface area contributed by atoms with E-state index >= 15 is 0 Å². The molecule has 0 saturated carbocycles. The van der Waals surface area contributed by atoms with Crippen LogP contribution in [0.2, 0.25) is 0 Å². The molecule has 5 nitrogen and oxygen atoms in total. The Morgan fingerprint density at radius 3 is 3.14 bits per heavy atom. The standard InChI is InChI=1S/C9H12N2O3/c1-2-14-9(12)8-10-3-4-11(8)7-5-13-6-7/h3-4,7H,2,5-6H2,1H3. The highest BCUT2D eigenvalue weighted by Crippen LogP contribution is 2.18. The van der Waals surface area contributed by atoms with Crippen molar-refractivity contribution in [2.24, 2.45) is 0 Å². The fourth-order valence-corrected chi connectivity index (χ4v) is 1.35. The zero-order valence-electron chi connectivity index (χ0n) is 7.97. The molecule has 0 N–H and O–H groups in total. The summed E-state index contributed by atoms with van der Waals surface area (Å²) in [6, 6.07) is 0.233. The Bertz CT molecular complexity index is 331. The van der Waals surface area contributed by atoms with Crippen LogP contribution >= 0.6 is 0 Å². The molecule has 0 amide bonds. The van der Waals surface area contributed by atoms with E-state index in [1.54, 1.807) is 19.3 Å². The molecule has 1 aromatic heterocycles. The summed E-state index contributed by atoms with van der Waals surface area (Å²) >= 11 is 0. The third-order valence-corrected chi connectivity index (χ3v) is 2.14. The van der Waals surface area contributed by atoms with E-state index in [4.69, 9.17) is 9.47 Å². The van der Waals surface area contributed by atoms with Crippen LogP contribution in [0.1, 0.15) is 23.6 Å². The van der Waals surface area contributed by atoms with E-state index in [9.17, 15) is 4.79 Å². The second-order valence-electron chi connectivity index (χ2n) is 3.07. The molecule has 2 rings (SSSR count). The summed E-state index contributed by atoms with van der Waals surface area (Å²) in [5, 5.41) is 0. The molecular formula is C9H12N2O3. The first-order valence-corrected chi connectivity index (χ1v) is 4.60. The van der Waals surface area contributed by atoms with E-state index in [0.717, 1.165) is 0 Å². The summed E-state index contributed by atoms with van der Waals surface area (Å²) < 4.78 is 11.7. The molecule has 0 aromatic carbocycles. The third kappa shape index (κ3) is 1.50. The lowest BCUT2D eigenvalue weighted by molar-refractivity contribution is -0.0250. The third-order valence-electron chi connectivity index (χ3n) is 2.14. The Labute approximate surface area is 81.6 Å². The summed E-state index contributed by atoms with van der Waals surface area (Å²) in [7, 11) is 0. The molecule has 1 aromatic rings. The summed E-state index contributed by atoms with van der Waals surface area (Å²) in [4.78, 5) is 15.4. The molecule has 0 aliphatic carbocycles. The van der Waals surface area contributed by atoms with Gasteiger partial charge >= 0.3 is 5.97 Å². The second kappa shape index (κ2) is 3.79. The van der Waals surface area contributed by atoms with Crippen LogP contribution < -0.4 is 0 Å². The SMILES string of the molecule is CCOC(=O)c1nccn1C1COC1. The molecule has 76 valence electrons. The Morgan fingerprint density at radius 1 is 1.79 bits per heavy atom. The first-order valence-electron chi connectivity index (χ1n) is 4.60. The highest BCUT2D eigenvalue weighted by molar-refractivity contribution is 5.85. The molecule has 14 heavy (non-hydrogen) atoms. The zero-order chi connectivity index (χ0) is 9.97. The fourth-order valence-electron chi connectivity index (χ4n) is 1.35. The first kappa shape index (κ1) is 9.21. The Morgan fingerprint density at radius 2 is 2.57 bits per heavy atom. The number of carbonyl (C=O) groups is 1. The van der Waals surface area contributed by atoms with Crippen LogP contribution in [0.15, 0.2) is 12.4 Å². The largest absolute Gasteiger partial charge is 0.460 e. The van der Waals surface area contributed by atoms with E-state index in [1.165, 1.54) is 0 Å². The van der Waals surface area contributed by atoms with Crippen molar-refractivity contribution in [1.82, 2.24) is 9.55 Å². The van der Waals surface area contributed by atoms with Gasteiger partial charge in [0.2, 0.25) is 5.82 Å². The van der Waals surface area contributed by atoms with Gasteiger partial charge in [0.15, 0.2) is 0 Å². The molecule has 0 spiro atoms. The summed E-state index contributed by atoms with van der Waals surface area (Å²) in [5.41, 5.74) is 0. The monoisotopic (exact) mass is 196 g/mol. The van der Waals surface area contributed by atoms with E-state index in [-0.39, 0.29) is 12.0 Å². The summed E-state index contributed by atoms with van der Waals surface area (Å²) in [5.74, 6) is -0.00968. The Hall–Kier alpha value is -1.36. The highest BCUT2D eigenvalue weighted by Gasteiger charge is 2.25. The topological polar surface area (TPSA) is 53.3 Å². The van der Waals surface area contributed by atoms with Crippen LogP contribution in [-0.2, 0) is 9.47 Å². The van der Waals surface area contributed by atoms with Gasteiger partial charge in [-0.15, -0.1) is 0 Å². The fraction of sp³-hybridized carbons (Fsp3) is 0.556. The van der Waals surface area contributed by atoms with Crippen molar-refractivity contribution in [3.05, 3.63) is 18.2 Å². The molecule has 1 fully saturated rings. The predicted octanol–water partition coefficient (Wildman–Crippen LogP) is 0.631. The lowest BCUT2D eigenvalue weighted by atomic mass is 10.2. The van der Waals surface area contributed by atoms with Crippen molar-refractivity contribution < 1.29 is 14.3 Å². The number of imidazole rings is 1. The molecule has 0 atom stereocenters. The van der Waals surface area contributed by atoms with E-state index < -0.39 is 0 Å². The Balaban J connectivity index is 2.16. The van der Waals surface area contributed by atoms with Crippen LogP contribution in [0.4, 0.5) is 0 Å². The van der Waals surface area contributed by atoms with Crippen LogP contribution in [0, 0.1) is 0 Å². The molecule has 1 saturated heterocycles. The minimum absolute atomic E-state index is 0.233. The Kier molecular flexibility index (Phi) is 2.49. The van der Waals surface area contributed by atoms with Crippen molar-refractivity contribution in [1.29, 1.82) is 0 Å². The van der Waals surface area contributed by atoms with Crippen LogP contribution in [-0.4, -0.2) is 35.3 Å². The summed E-state index contributed by atoms with van der Waals surface area (Å²) in [6.07, 6.45) is 3.38. The zero-order valence-corrected chi connectivity index (χ0v) is 7.97. The van der Waals surface area contributed by atoms with Crippen molar-refractivity contribution in [2.45, 2.75) is 13.0 Å². The van der Waals surface area contributed by atoms with Crippen molar-refractivity contribution >= 4 is 5.97 Å². The lowest BCUT2D eigenvalue weighted by Crippen LogP contribution is -2.32. The highest BCUT2D eigenvalue weighted by atomic mass is 16.5. The van der Waals surface area contributed by atoms with Gasteiger partial charge in [0.05, 0.1) is 25.9 Å². The van der Waals surface area contributed by atoms with Gasteiger partial charge in [-0.3, -0.25) is 0 Å². The van der Waals surface area contributed by atoms with Crippen molar-refractivity contribution in [2.75, 3.05) is 19.8 Å². The van der Waals surface area contributed by atoms with Gasteiger partial charge in [0.25, 0.3) is 0 Å². The maximum atomic E-state index is 11.4. The average Bonchev–Trinajstić information content (AvgIpc) is 2.50. The van der Waals surface area contributed by atoms with E-state index in [1.807, 2.05) is 4.57 Å². The number of esters is 1. The van der Waals surface area contributed by atoms with Gasteiger partial charge in [-0.25, -0.2) is 9.78 Å². The quantitative estimate of drug-likeness (QED) is 0.665. The first-order chi connectivity index (χ1) is 6.83. The molecular weight excluding hydrogens is 184 g/mol. The van der Waals surface area contributed by atoms with Crippen molar-refractivity contribution in [3.63, 3.8) is 0 Å². The van der Waals surface area contributed by atoms with Gasteiger partial charge in [0.1, 0.15) is 0 Å². The minimum Gasteiger partial charge on any atom is -0.460 e. The van der Waals surface area contributed by atoms with Crippen LogP contribution in [0.5, 0.6) is 0 Å². The number of aromatic nitrogens is 2. The normalized spacial score (nSPS) is 16.4. The maximum Gasteiger partial charge on any atom is 0.374 e. The van der Waals surface area contributed by atoms with Gasteiger partial charge in [-0.1, -0.05) is 0 Å². The van der Waals surface area contributed by atoms with E-state index in [0.29, 0.717) is 25.6 Å². The minimum atomic E-state index is -0.371. The molecule has 1 aliphatic heterocycles. The summed E-state index contributed by atoms with van der Waals surface area (Å²) in [6.45, 7) is 3.43. The maximum absolute atomic E-state index is 11.4. The van der Waals surface area contributed by atoms with Gasteiger partial charge in [0, 0.05) is 12.4 Å². The molecule has 1 aliphatic rings. The molecule has 0 radical (unpaired) electrons. The number of ether oxygens (including phenoxy) is 2. The number of hydrogen-bond donors (Lipinski definition) is 0. The number of hydrogen-bond acceptors (Lipinski definition) is 4. The number of rotatable bonds is 3. The predicted molar refractivity (Wildman–Crippen MR) is 48.0 cm³/mol. The molecule has 2 heterocycles. The van der Waals surface area contributed by atoms with Crippen LogP contribution in [0.3, 0.4) is 0 Å². The van der Waals surface area contributed by atoms with E-state index in [2.05, 4.69) is 4.98 Å². The van der Waals surface area contributed by atoms with Crippen LogP contribution in [0.25, 0.3) is 0 Å². The smallest absolute Gasteiger partial charge is 0.374 e. The number of carbonyl (C=O) groups excluding carboxylic acids is 1. The lowest BCUT2D eigenvalue weighted by Gasteiger charge is -2.27. The molecule has 0 bridgehead atoms. The molecule has 5 heteroatoms. The second-order valence-corrected chi connectivity index (χ2v) is 3.07. The average molecular weight is 196 g/mol. The van der Waals surface area contributed by atoms with Gasteiger partial charge in [-0.2, -0.15) is 0 Å².